The molecule has 0 atom stereocenters. The molecule has 9 aromatic carbocycles. The normalized spacial score (nSPS) is 13.7. The lowest BCUT2D eigenvalue weighted by Crippen LogP contribution is -2.26. The van der Waals surface area contributed by atoms with Gasteiger partial charge in [-0.1, -0.05) is 176 Å². The molecule has 4 aliphatic rings. The number of anilines is 8. The van der Waals surface area contributed by atoms with Gasteiger partial charge in [-0.3, -0.25) is 0 Å². The molecule has 4 heterocycles. The quantitative estimate of drug-likeness (QED) is 0.177. The van der Waals surface area contributed by atoms with Crippen LogP contribution in [-0.2, 0) is 0 Å². The van der Waals surface area contributed by atoms with Gasteiger partial charge in [-0.15, -0.1) is 0 Å². The van der Waals surface area contributed by atoms with Gasteiger partial charge in [-0.05, 0) is 63.7 Å². The average molecular weight is 767 g/mol. The lowest BCUT2D eigenvalue weighted by molar-refractivity contribution is 0.980. The summed E-state index contributed by atoms with van der Waals surface area (Å²) in [5.41, 5.74) is 24.8. The average Bonchev–Trinajstić information content (AvgIpc) is 3.84. The Morgan fingerprint density at radius 2 is 0.550 bits per heavy atom. The smallest absolute Gasteiger partial charge is 0.100 e. The Balaban J connectivity index is 0.968. The molecule has 0 N–H and O–H groups in total. The van der Waals surface area contributed by atoms with Gasteiger partial charge in [0, 0.05) is 44.8 Å². The van der Waals surface area contributed by atoms with Crippen molar-refractivity contribution in [2.24, 2.45) is 0 Å². The second-order valence-corrected chi connectivity index (χ2v) is 16.1. The van der Waals surface area contributed by atoms with Crippen molar-refractivity contribution in [3.05, 3.63) is 206 Å². The van der Waals surface area contributed by atoms with Crippen LogP contribution < -0.4 is 19.6 Å². The maximum Gasteiger partial charge on any atom is 0.100 e. The Morgan fingerprint density at radius 1 is 0.233 bits per heavy atom. The first-order valence-electron chi connectivity index (χ1n) is 20.8. The molecule has 9 aromatic rings. The highest BCUT2D eigenvalue weighted by Crippen LogP contribution is 2.59. The lowest BCUT2D eigenvalue weighted by Gasteiger charge is -2.28. The second-order valence-electron chi connectivity index (χ2n) is 16.1. The fourth-order valence-electron chi connectivity index (χ4n) is 10.4. The van der Waals surface area contributed by atoms with Gasteiger partial charge in [0.05, 0.1) is 34.1 Å². The zero-order valence-corrected chi connectivity index (χ0v) is 32.8. The molecule has 0 saturated carbocycles. The van der Waals surface area contributed by atoms with Gasteiger partial charge in [0.1, 0.15) is 13.3 Å². The van der Waals surface area contributed by atoms with Gasteiger partial charge in [0.2, 0.25) is 0 Å². The van der Waals surface area contributed by atoms with Crippen molar-refractivity contribution >= 4 is 45.5 Å². The lowest BCUT2D eigenvalue weighted by atomic mass is 9.92. The first kappa shape index (κ1) is 33.2. The van der Waals surface area contributed by atoms with Gasteiger partial charge in [-0.25, -0.2) is 0 Å². The molecule has 60 heavy (non-hydrogen) atoms. The summed E-state index contributed by atoms with van der Waals surface area (Å²) in [6.07, 6.45) is 0. The Hall–Kier alpha value is -7.82. The van der Waals surface area contributed by atoms with Crippen LogP contribution >= 0.6 is 0 Å². The van der Waals surface area contributed by atoms with E-state index in [0.717, 1.165) is 0 Å². The molecule has 0 amide bonds. The number of nitrogens with zero attached hydrogens (tertiary/aromatic N) is 4. The van der Waals surface area contributed by atoms with Crippen LogP contribution in [0.25, 0.3) is 66.8 Å². The van der Waals surface area contributed by atoms with Crippen LogP contribution in [0.15, 0.2) is 206 Å². The number of benzene rings is 9. The number of rotatable bonds is 4. The topological polar surface area (TPSA) is 13.0 Å². The third-order valence-electron chi connectivity index (χ3n) is 13.0. The second kappa shape index (κ2) is 12.8. The summed E-state index contributed by atoms with van der Waals surface area (Å²) in [6, 6.07) is 76.0. The van der Waals surface area contributed by atoms with E-state index < -0.39 is 0 Å². The molecular weight excluding hydrogens is 729 g/mol. The van der Waals surface area contributed by atoms with E-state index in [4.69, 9.17) is 0 Å². The third kappa shape index (κ3) is 4.73. The molecule has 0 aliphatic carbocycles. The van der Waals surface area contributed by atoms with Crippen molar-refractivity contribution < 1.29 is 0 Å². The molecule has 282 valence electrons. The Kier molecular flexibility index (Phi) is 7.10. The largest absolute Gasteiger partial charge is 0.321 e. The number of para-hydroxylation sites is 4. The van der Waals surface area contributed by atoms with Gasteiger partial charge in [-0.2, -0.15) is 0 Å². The molecular formula is C56H38N4. The zero-order chi connectivity index (χ0) is 39.3. The van der Waals surface area contributed by atoms with Crippen molar-refractivity contribution in [3.8, 4) is 66.8 Å². The van der Waals surface area contributed by atoms with E-state index in [9.17, 15) is 0 Å². The highest BCUT2D eigenvalue weighted by atomic mass is 15.4. The maximum atomic E-state index is 2.57. The minimum absolute atomic E-state index is 0.693. The van der Waals surface area contributed by atoms with E-state index in [1.807, 2.05) is 0 Å². The van der Waals surface area contributed by atoms with Crippen LogP contribution in [0.1, 0.15) is 0 Å². The Labute approximate surface area is 350 Å². The van der Waals surface area contributed by atoms with Crippen LogP contribution in [0.2, 0.25) is 0 Å². The minimum atomic E-state index is 0.693. The molecule has 13 rings (SSSR count). The number of hydrogen-bond acceptors (Lipinski definition) is 4. The highest BCUT2D eigenvalue weighted by Gasteiger charge is 2.39. The van der Waals surface area contributed by atoms with Gasteiger partial charge >= 0.3 is 0 Å². The van der Waals surface area contributed by atoms with E-state index in [-0.39, 0.29) is 0 Å². The molecule has 4 heteroatoms. The summed E-state index contributed by atoms with van der Waals surface area (Å²) in [7, 11) is 0. The van der Waals surface area contributed by atoms with Crippen LogP contribution in [0, 0.1) is 0 Å². The fourth-order valence-corrected chi connectivity index (χ4v) is 10.4. The summed E-state index contributed by atoms with van der Waals surface area (Å²) in [5.74, 6) is 0. The fraction of sp³-hybridized carbons (Fsp3) is 0.0357. The third-order valence-corrected chi connectivity index (χ3v) is 13.0. The predicted octanol–water partition coefficient (Wildman–Crippen LogP) is 14.8. The summed E-state index contributed by atoms with van der Waals surface area (Å²) < 4.78 is 0. The number of hydrogen-bond donors (Lipinski definition) is 0. The van der Waals surface area contributed by atoms with Crippen LogP contribution in [0.3, 0.4) is 0 Å². The molecule has 0 aromatic heterocycles. The van der Waals surface area contributed by atoms with Gasteiger partial charge < -0.3 is 19.6 Å². The summed E-state index contributed by atoms with van der Waals surface area (Å²) in [4.78, 5) is 10.2. The van der Waals surface area contributed by atoms with Crippen molar-refractivity contribution in [2.45, 2.75) is 0 Å². The summed E-state index contributed by atoms with van der Waals surface area (Å²) in [6.45, 7) is 1.39. The molecule has 4 nitrogen and oxygen atoms in total. The molecule has 0 fully saturated rings. The summed E-state index contributed by atoms with van der Waals surface area (Å²) >= 11 is 0. The SMILES string of the molecule is c1ccc(-c2cccc3c2N2CN(c4cccc(N5CN6c7c(-c8ccccc8)cccc7-c7ccccc7-c7cccc5c76)c4)c4cccc(c42)-c2ccccc2-3)cc1. The zero-order valence-electron chi connectivity index (χ0n) is 32.8. The minimum Gasteiger partial charge on any atom is -0.321 e. The first-order chi connectivity index (χ1) is 29.8. The highest BCUT2D eigenvalue weighted by molar-refractivity contribution is 6.11. The predicted molar refractivity (Wildman–Crippen MR) is 250 cm³/mol. The summed E-state index contributed by atoms with van der Waals surface area (Å²) in [5, 5.41) is 0. The molecule has 0 bridgehead atoms. The first-order valence-corrected chi connectivity index (χ1v) is 20.8. The van der Waals surface area contributed by atoms with E-state index >= 15 is 0 Å². The molecule has 4 aliphatic heterocycles. The van der Waals surface area contributed by atoms with E-state index in [2.05, 4.69) is 226 Å². The Bertz CT molecular complexity index is 2980. The maximum absolute atomic E-state index is 2.57. The standard InChI is InChI=1S/C56H38N4/c1-3-16-37(17-4-1)41-26-12-28-47-43-22-7-9-24-45(43)49-30-14-32-51-55(49)59(53(41)47)35-57(51)39-20-11-21-40(34-39)58-36-60-54-42(38-18-5-2-6-19-38)27-13-29-48(54)44-23-8-10-25-46(44)50-31-15-33-52(58)56(50)60/h1-34H,35-36H2. The molecule has 0 radical (unpaired) electrons. The molecule has 0 unspecified atom stereocenters. The van der Waals surface area contributed by atoms with Crippen LogP contribution in [0.4, 0.5) is 45.5 Å². The van der Waals surface area contributed by atoms with E-state index in [1.165, 1.54) is 112 Å². The monoisotopic (exact) mass is 766 g/mol. The molecule has 0 spiro atoms. The van der Waals surface area contributed by atoms with Crippen molar-refractivity contribution in [1.82, 2.24) is 0 Å². The van der Waals surface area contributed by atoms with Gasteiger partial charge in [0.25, 0.3) is 0 Å². The van der Waals surface area contributed by atoms with Gasteiger partial charge in [0.15, 0.2) is 0 Å². The number of fused-ring (bicyclic) bond motifs is 10. The van der Waals surface area contributed by atoms with E-state index in [0.29, 0.717) is 13.3 Å². The molecule has 0 saturated heterocycles. The van der Waals surface area contributed by atoms with E-state index in [1.54, 1.807) is 0 Å². The van der Waals surface area contributed by atoms with Crippen molar-refractivity contribution in [3.63, 3.8) is 0 Å². The Morgan fingerprint density at radius 3 is 0.967 bits per heavy atom. The van der Waals surface area contributed by atoms with Crippen molar-refractivity contribution in [1.29, 1.82) is 0 Å². The van der Waals surface area contributed by atoms with Crippen LogP contribution in [0.5, 0.6) is 0 Å². The van der Waals surface area contributed by atoms with Crippen LogP contribution in [-0.4, -0.2) is 13.3 Å². The van der Waals surface area contributed by atoms with Crippen molar-refractivity contribution in [2.75, 3.05) is 32.9 Å².